The van der Waals surface area contributed by atoms with Crippen LogP contribution in [-0.4, -0.2) is 50.6 Å². The lowest BCUT2D eigenvalue weighted by molar-refractivity contribution is -0.121. The molecule has 0 heterocycles. The summed E-state index contributed by atoms with van der Waals surface area (Å²) >= 11 is 0. The third kappa shape index (κ3) is 7.06. The Balaban J connectivity index is 1.82. The lowest BCUT2D eigenvalue weighted by atomic mass is 10.2. The summed E-state index contributed by atoms with van der Waals surface area (Å²) in [4.78, 5) is 25.1. The Morgan fingerprint density at radius 3 is 2.30 bits per heavy atom. The van der Waals surface area contributed by atoms with Crippen LogP contribution in [0.2, 0.25) is 0 Å². The molecule has 0 aromatic heterocycles. The third-order valence-corrected chi connectivity index (χ3v) is 5.03. The molecule has 0 atom stereocenters. The zero-order valence-electron chi connectivity index (χ0n) is 15.9. The number of ether oxygens (including phenoxy) is 1. The van der Waals surface area contributed by atoms with Gasteiger partial charge in [0.15, 0.2) is 0 Å². The normalized spacial score (nSPS) is 14.4. The number of amides is 2. The highest BCUT2D eigenvalue weighted by Crippen LogP contribution is 2.22. The number of benzene rings is 1. The van der Waals surface area contributed by atoms with Gasteiger partial charge < -0.3 is 9.64 Å². The highest BCUT2D eigenvalue weighted by atomic mass is 32.2. The summed E-state index contributed by atoms with van der Waals surface area (Å²) in [5.74, 6) is -0.449. The van der Waals surface area contributed by atoms with Crippen LogP contribution in [0.1, 0.15) is 33.6 Å². The molecule has 2 amide bonds. The lowest BCUT2D eigenvalue weighted by Gasteiger charge is -2.24. The summed E-state index contributed by atoms with van der Waals surface area (Å²) < 4.78 is 31.9. The molecule has 0 aliphatic heterocycles. The monoisotopic (exact) mass is 398 g/mol. The van der Waals surface area contributed by atoms with E-state index >= 15 is 0 Å². The van der Waals surface area contributed by atoms with E-state index in [-0.39, 0.29) is 17.5 Å². The van der Waals surface area contributed by atoms with Gasteiger partial charge >= 0.3 is 6.09 Å². The summed E-state index contributed by atoms with van der Waals surface area (Å²) in [6.07, 6.45) is 1.13. The Morgan fingerprint density at radius 2 is 1.78 bits per heavy atom. The fourth-order valence-electron chi connectivity index (χ4n) is 2.01. The van der Waals surface area contributed by atoms with Crippen LogP contribution in [0.5, 0.6) is 0 Å². The summed E-state index contributed by atoms with van der Waals surface area (Å²) in [5, 5.41) is 0. The van der Waals surface area contributed by atoms with Crippen molar-refractivity contribution in [2.75, 3.05) is 19.0 Å². The molecule has 1 fully saturated rings. The highest BCUT2D eigenvalue weighted by molar-refractivity contribution is 7.89. The number of anilines is 1. The third-order valence-electron chi connectivity index (χ3n) is 3.50. The minimum absolute atomic E-state index is 0.0362. The van der Waals surface area contributed by atoms with Gasteiger partial charge in [-0.3, -0.25) is 15.6 Å². The van der Waals surface area contributed by atoms with Crippen LogP contribution in [0.3, 0.4) is 0 Å². The van der Waals surface area contributed by atoms with E-state index in [2.05, 4.69) is 15.6 Å². The average molecular weight is 398 g/mol. The van der Waals surface area contributed by atoms with E-state index in [4.69, 9.17) is 4.74 Å². The molecular weight excluding hydrogens is 372 g/mol. The van der Waals surface area contributed by atoms with Crippen molar-refractivity contribution in [3.05, 3.63) is 24.3 Å². The maximum Gasteiger partial charge on any atom is 0.410 e. The minimum atomic E-state index is -3.51. The number of carbonyl (C=O) groups excluding carboxylic acids is 2. The number of hydrogen-bond acceptors (Lipinski definition) is 6. The molecule has 1 aromatic carbocycles. The second-order valence-electron chi connectivity index (χ2n) is 7.43. The van der Waals surface area contributed by atoms with E-state index in [9.17, 15) is 18.0 Å². The maximum absolute atomic E-state index is 12.1. The van der Waals surface area contributed by atoms with Crippen LogP contribution >= 0.6 is 0 Å². The molecule has 3 N–H and O–H groups in total. The number of nitrogens with zero attached hydrogens (tertiary/aromatic N) is 1. The minimum Gasteiger partial charge on any atom is -0.444 e. The number of likely N-dealkylation sites (N-methyl/N-ethyl adjacent to an activating group) is 1. The van der Waals surface area contributed by atoms with Gasteiger partial charge in [-0.2, -0.15) is 0 Å². The smallest absolute Gasteiger partial charge is 0.410 e. The predicted molar refractivity (Wildman–Crippen MR) is 100 cm³/mol. The molecule has 0 unspecified atom stereocenters. The topological polar surface area (TPSA) is 117 Å². The van der Waals surface area contributed by atoms with E-state index in [0.29, 0.717) is 5.69 Å². The van der Waals surface area contributed by atoms with Crippen molar-refractivity contribution in [2.45, 2.75) is 50.2 Å². The Bertz CT molecular complexity index is 783. The quantitative estimate of drug-likeness (QED) is 0.599. The van der Waals surface area contributed by atoms with Crippen molar-refractivity contribution < 1.29 is 22.7 Å². The van der Waals surface area contributed by atoms with Gasteiger partial charge in [-0.25, -0.2) is 17.9 Å². The number of nitrogens with one attached hydrogen (secondary N) is 3. The number of rotatable bonds is 7. The fraction of sp³-hybridized carbons (Fsp3) is 0.529. The first-order chi connectivity index (χ1) is 12.5. The first kappa shape index (κ1) is 21.0. The Labute approximate surface area is 159 Å². The van der Waals surface area contributed by atoms with Gasteiger partial charge in [0.05, 0.1) is 10.6 Å². The Morgan fingerprint density at radius 1 is 1.19 bits per heavy atom. The molecule has 0 saturated heterocycles. The van der Waals surface area contributed by atoms with Gasteiger partial charge in [0.2, 0.25) is 10.0 Å². The van der Waals surface area contributed by atoms with Crippen molar-refractivity contribution in [2.24, 2.45) is 0 Å². The highest BCUT2D eigenvalue weighted by Gasteiger charge is 2.27. The van der Waals surface area contributed by atoms with Gasteiger partial charge in [-0.1, -0.05) is 0 Å². The van der Waals surface area contributed by atoms with Gasteiger partial charge in [0.25, 0.3) is 5.91 Å². The first-order valence-corrected chi connectivity index (χ1v) is 10.1. The van der Waals surface area contributed by atoms with Crippen LogP contribution in [0.25, 0.3) is 0 Å². The first-order valence-electron chi connectivity index (χ1n) is 8.58. The summed E-state index contributed by atoms with van der Waals surface area (Å²) in [7, 11) is -2.05. The van der Waals surface area contributed by atoms with Crippen LogP contribution in [-0.2, 0) is 19.6 Å². The zero-order chi connectivity index (χ0) is 20.2. The summed E-state index contributed by atoms with van der Waals surface area (Å²) in [6.45, 7) is 5.03. The van der Waals surface area contributed by atoms with Crippen LogP contribution < -0.4 is 15.6 Å². The number of hydrazine groups is 1. The standard InChI is InChI=1S/C17H26N4O5S/c1-17(2,3)26-16(23)21(4)11-15(22)19-18-12-7-9-14(10-8-12)27(24,25)20-13-5-6-13/h7-10,13,18,20H,5-6,11H2,1-4H3,(H,19,22). The summed E-state index contributed by atoms with van der Waals surface area (Å²) in [5.41, 5.74) is 4.99. The lowest BCUT2D eigenvalue weighted by Crippen LogP contribution is -2.42. The fourth-order valence-corrected chi connectivity index (χ4v) is 3.31. The maximum atomic E-state index is 12.1. The molecule has 1 aliphatic rings. The van der Waals surface area contributed by atoms with Crippen LogP contribution in [0.4, 0.5) is 10.5 Å². The molecule has 0 bridgehead atoms. The predicted octanol–water partition coefficient (Wildman–Crippen LogP) is 1.44. The number of hydrogen-bond donors (Lipinski definition) is 3. The second kappa shape index (κ2) is 8.13. The number of carbonyl (C=O) groups is 2. The van der Waals surface area contributed by atoms with E-state index < -0.39 is 27.6 Å². The average Bonchev–Trinajstić information content (AvgIpc) is 3.35. The number of sulfonamides is 1. The molecule has 0 radical (unpaired) electrons. The molecular formula is C17H26N4O5S. The molecule has 0 spiro atoms. The second-order valence-corrected chi connectivity index (χ2v) is 9.14. The Hall–Kier alpha value is -2.33. The van der Waals surface area contributed by atoms with Crippen molar-refractivity contribution in [1.29, 1.82) is 0 Å². The van der Waals surface area contributed by atoms with Gasteiger partial charge in [0, 0.05) is 13.1 Å². The van der Waals surface area contributed by atoms with E-state index in [0.717, 1.165) is 17.7 Å². The van der Waals surface area contributed by atoms with E-state index in [1.54, 1.807) is 32.9 Å². The molecule has 2 rings (SSSR count). The van der Waals surface area contributed by atoms with Crippen LogP contribution in [0.15, 0.2) is 29.2 Å². The molecule has 9 nitrogen and oxygen atoms in total. The van der Waals surface area contributed by atoms with Crippen LogP contribution in [0, 0.1) is 0 Å². The van der Waals surface area contributed by atoms with E-state index in [1.165, 1.54) is 19.2 Å². The molecule has 1 aromatic rings. The zero-order valence-corrected chi connectivity index (χ0v) is 16.7. The van der Waals surface area contributed by atoms with Gasteiger partial charge in [0.1, 0.15) is 12.1 Å². The van der Waals surface area contributed by atoms with Gasteiger partial charge in [-0.15, -0.1) is 0 Å². The van der Waals surface area contributed by atoms with E-state index in [1.807, 2.05) is 0 Å². The SMILES string of the molecule is CN(CC(=O)NNc1ccc(S(=O)(=O)NC2CC2)cc1)C(=O)OC(C)(C)C. The molecule has 150 valence electrons. The van der Waals surface area contributed by atoms with Crippen molar-refractivity contribution in [3.63, 3.8) is 0 Å². The molecule has 1 aliphatic carbocycles. The Kier molecular flexibility index (Phi) is 6.32. The van der Waals surface area contributed by atoms with Crippen molar-refractivity contribution in [3.8, 4) is 0 Å². The summed E-state index contributed by atoms with van der Waals surface area (Å²) in [6, 6.07) is 6.02. The van der Waals surface area contributed by atoms with Crippen molar-refractivity contribution in [1.82, 2.24) is 15.0 Å². The molecule has 10 heteroatoms. The van der Waals surface area contributed by atoms with Crippen molar-refractivity contribution >= 4 is 27.7 Å². The molecule has 27 heavy (non-hydrogen) atoms. The largest absolute Gasteiger partial charge is 0.444 e. The molecule has 1 saturated carbocycles. The van der Waals surface area contributed by atoms with Gasteiger partial charge in [-0.05, 0) is 57.9 Å².